The van der Waals surface area contributed by atoms with Crippen molar-refractivity contribution in [2.75, 3.05) is 26.7 Å². The van der Waals surface area contributed by atoms with Crippen LogP contribution in [0.1, 0.15) is 25.7 Å². The predicted molar refractivity (Wildman–Crippen MR) is 63.6 cm³/mol. The Morgan fingerprint density at radius 3 is 2.88 bits per heavy atom. The number of carbonyl (C=O) groups is 1. The number of rotatable bonds is 2. The highest BCUT2D eigenvalue weighted by Crippen LogP contribution is 2.18. The molecule has 0 aromatic carbocycles. The van der Waals surface area contributed by atoms with Gasteiger partial charge in [-0.2, -0.15) is 0 Å². The van der Waals surface area contributed by atoms with Crippen LogP contribution in [0.3, 0.4) is 0 Å². The number of amides is 1. The van der Waals surface area contributed by atoms with Gasteiger partial charge < -0.3 is 20.1 Å². The number of hydrogen-bond donors (Lipinski definition) is 2. The maximum Gasteiger partial charge on any atom is 0.250 e. The van der Waals surface area contributed by atoms with Crippen LogP contribution in [-0.2, 0) is 9.53 Å². The summed E-state index contributed by atoms with van der Waals surface area (Å²) in [4.78, 5) is 14.1. The van der Waals surface area contributed by atoms with Gasteiger partial charge in [0.25, 0.3) is 5.91 Å². The van der Waals surface area contributed by atoms with Crippen molar-refractivity contribution in [3.05, 3.63) is 0 Å². The first kappa shape index (κ1) is 12.8. The lowest BCUT2D eigenvalue weighted by Crippen LogP contribution is -2.53. The molecule has 1 aliphatic carbocycles. The van der Waals surface area contributed by atoms with Crippen LogP contribution in [-0.4, -0.2) is 60.9 Å². The van der Waals surface area contributed by atoms with Gasteiger partial charge in [0.1, 0.15) is 6.10 Å². The second-order valence-corrected chi connectivity index (χ2v) is 5.09. The number of aliphatic hydroxyl groups is 1. The molecule has 3 atom stereocenters. The quantitative estimate of drug-likeness (QED) is 0.700. The van der Waals surface area contributed by atoms with Crippen molar-refractivity contribution in [1.29, 1.82) is 0 Å². The highest BCUT2D eigenvalue weighted by molar-refractivity contribution is 5.81. The van der Waals surface area contributed by atoms with Crippen LogP contribution in [0, 0.1) is 0 Å². The van der Waals surface area contributed by atoms with Crippen molar-refractivity contribution in [2.24, 2.45) is 0 Å². The minimum atomic E-state index is -0.394. The number of aliphatic hydroxyl groups excluding tert-OH is 1. The van der Waals surface area contributed by atoms with Crippen molar-refractivity contribution in [3.63, 3.8) is 0 Å². The van der Waals surface area contributed by atoms with Crippen LogP contribution >= 0.6 is 0 Å². The Morgan fingerprint density at radius 1 is 1.41 bits per heavy atom. The van der Waals surface area contributed by atoms with E-state index in [0.29, 0.717) is 13.2 Å². The van der Waals surface area contributed by atoms with Crippen molar-refractivity contribution in [3.8, 4) is 0 Å². The lowest BCUT2D eigenvalue weighted by molar-refractivity contribution is -0.139. The van der Waals surface area contributed by atoms with E-state index in [9.17, 15) is 9.90 Å². The molecule has 1 saturated carbocycles. The molecule has 1 amide bonds. The zero-order valence-corrected chi connectivity index (χ0v) is 10.4. The van der Waals surface area contributed by atoms with Crippen LogP contribution < -0.4 is 5.32 Å². The van der Waals surface area contributed by atoms with Crippen molar-refractivity contribution >= 4 is 5.91 Å². The summed E-state index contributed by atoms with van der Waals surface area (Å²) < 4.78 is 5.45. The Hall–Kier alpha value is -0.650. The van der Waals surface area contributed by atoms with Gasteiger partial charge in [-0.15, -0.1) is 0 Å². The molecule has 98 valence electrons. The summed E-state index contributed by atoms with van der Waals surface area (Å²) in [6.07, 6.45) is 3.01. The molecule has 2 rings (SSSR count). The SMILES string of the molecule is CN1CCOC(C(=O)NC2CCCCC2O)C1. The normalized spacial score (nSPS) is 35.5. The topological polar surface area (TPSA) is 61.8 Å². The molecule has 1 saturated heterocycles. The molecule has 2 fully saturated rings. The molecule has 0 aromatic rings. The third-order valence-corrected chi connectivity index (χ3v) is 3.62. The van der Waals surface area contributed by atoms with Crippen molar-refractivity contribution in [1.82, 2.24) is 10.2 Å². The second kappa shape index (κ2) is 5.80. The number of nitrogens with one attached hydrogen (secondary N) is 1. The maximum absolute atomic E-state index is 12.0. The van der Waals surface area contributed by atoms with Crippen LogP contribution in [0.4, 0.5) is 0 Å². The van der Waals surface area contributed by atoms with Crippen LogP contribution in [0.2, 0.25) is 0 Å². The van der Waals surface area contributed by atoms with Gasteiger partial charge in [0.2, 0.25) is 0 Å². The predicted octanol–water partition coefficient (Wildman–Crippen LogP) is -0.263. The smallest absolute Gasteiger partial charge is 0.250 e. The Kier molecular flexibility index (Phi) is 4.36. The Bertz CT molecular complexity index is 272. The average Bonchev–Trinajstić information content (AvgIpc) is 2.32. The fraction of sp³-hybridized carbons (Fsp3) is 0.917. The van der Waals surface area contributed by atoms with Gasteiger partial charge in [-0.05, 0) is 19.9 Å². The first-order valence-corrected chi connectivity index (χ1v) is 6.45. The Labute approximate surface area is 102 Å². The molecular weight excluding hydrogens is 220 g/mol. The second-order valence-electron chi connectivity index (χ2n) is 5.09. The van der Waals surface area contributed by atoms with Gasteiger partial charge in [-0.3, -0.25) is 4.79 Å². The van der Waals surface area contributed by atoms with E-state index in [-0.39, 0.29) is 18.1 Å². The van der Waals surface area contributed by atoms with Gasteiger partial charge in [0.15, 0.2) is 0 Å². The summed E-state index contributed by atoms with van der Waals surface area (Å²) in [6, 6.07) is -0.0907. The van der Waals surface area contributed by atoms with Gasteiger partial charge in [0.05, 0.1) is 18.8 Å². The fourth-order valence-electron chi connectivity index (χ4n) is 2.49. The van der Waals surface area contributed by atoms with Crippen LogP contribution in [0.5, 0.6) is 0 Å². The van der Waals surface area contributed by atoms with E-state index >= 15 is 0 Å². The van der Waals surface area contributed by atoms with Crippen molar-refractivity contribution in [2.45, 2.75) is 43.9 Å². The molecule has 5 heteroatoms. The van der Waals surface area contributed by atoms with Gasteiger partial charge in [-0.1, -0.05) is 12.8 Å². The molecule has 2 N–H and O–H groups in total. The lowest BCUT2D eigenvalue weighted by Gasteiger charge is -2.33. The van der Waals surface area contributed by atoms with Gasteiger partial charge >= 0.3 is 0 Å². The zero-order chi connectivity index (χ0) is 12.3. The van der Waals surface area contributed by atoms with Crippen molar-refractivity contribution < 1.29 is 14.6 Å². The summed E-state index contributed by atoms with van der Waals surface area (Å²) in [5.41, 5.74) is 0. The largest absolute Gasteiger partial charge is 0.391 e. The molecule has 0 spiro atoms. The number of ether oxygens (including phenoxy) is 1. The number of likely N-dealkylation sites (N-methyl/N-ethyl adjacent to an activating group) is 1. The fourth-order valence-corrected chi connectivity index (χ4v) is 2.49. The Balaban J connectivity index is 1.83. The number of nitrogens with zero attached hydrogens (tertiary/aromatic N) is 1. The summed E-state index contributed by atoms with van der Waals surface area (Å²) in [5.74, 6) is -0.0810. The van der Waals surface area contributed by atoms with E-state index in [1.807, 2.05) is 7.05 Å². The van der Waals surface area contributed by atoms with Crippen LogP contribution in [0.15, 0.2) is 0 Å². The molecular formula is C12H22N2O3. The van der Waals surface area contributed by atoms with E-state index in [2.05, 4.69) is 10.2 Å². The minimum absolute atomic E-state index is 0.0810. The van der Waals surface area contributed by atoms with Crippen LogP contribution in [0.25, 0.3) is 0 Å². The molecule has 3 unspecified atom stereocenters. The first-order chi connectivity index (χ1) is 8.16. The Morgan fingerprint density at radius 2 is 2.18 bits per heavy atom. The molecule has 0 aromatic heterocycles. The minimum Gasteiger partial charge on any atom is -0.391 e. The molecule has 1 aliphatic heterocycles. The standard InChI is InChI=1S/C12H22N2O3/c1-14-6-7-17-11(8-14)12(16)13-9-4-2-3-5-10(9)15/h9-11,15H,2-8H2,1H3,(H,13,16). The zero-order valence-electron chi connectivity index (χ0n) is 10.4. The van der Waals surface area contributed by atoms with E-state index in [1.165, 1.54) is 0 Å². The van der Waals surface area contributed by atoms with E-state index in [1.54, 1.807) is 0 Å². The van der Waals surface area contributed by atoms with E-state index < -0.39 is 6.10 Å². The van der Waals surface area contributed by atoms with E-state index in [4.69, 9.17) is 4.74 Å². The first-order valence-electron chi connectivity index (χ1n) is 6.45. The average molecular weight is 242 g/mol. The molecule has 2 aliphatic rings. The highest BCUT2D eigenvalue weighted by atomic mass is 16.5. The maximum atomic E-state index is 12.0. The number of morpholine rings is 1. The molecule has 17 heavy (non-hydrogen) atoms. The third kappa shape index (κ3) is 3.40. The summed E-state index contributed by atoms with van der Waals surface area (Å²) in [5, 5.41) is 12.7. The molecule has 0 bridgehead atoms. The molecule has 0 radical (unpaired) electrons. The monoisotopic (exact) mass is 242 g/mol. The van der Waals surface area contributed by atoms with E-state index in [0.717, 1.165) is 32.2 Å². The number of hydrogen-bond acceptors (Lipinski definition) is 4. The summed E-state index contributed by atoms with van der Waals surface area (Å²) in [6.45, 7) is 2.10. The number of carbonyl (C=O) groups excluding carboxylic acids is 1. The third-order valence-electron chi connectivity index (χ3n) is 3.62. The molecule has 1 heterocycles. The summed E-state index contributed by atoms with van der Waals surface area (Å²) in [7, 11) is 1.98. The van der Waals surface area contributed by atoms with Gasteiger partial charge in [0, 0.05) is 13.1 Å². The lowest BCUT2D eigenvalue weighted by atomic mass is 9.92. The van der Waals surface area contributed by atoms with Gasteiger partial charge in [-0.25, -0.2) is 0 Å². The summed E-state index contributed by atoms with van der Waals surface area (Å²) >= 11 is 0. The molecule has 5 nitrogen and oxygen atoms in total. The highest BCUT2D eigenvalue weighted by Gasteiger charge is 2.30.